The van der Waals surface area contributed by atoms with Gasteiger partial charge < -0.3 is 19.9 Å². The summed E-state index contributed by atoms with van der Waals surface area (Å²) in [7, 11) is 3.48. The number of nitrogens with one attached hydrogen (secondary N) is 2. The second kappa shape index (κ2) is 8.00. The minimum atomic E-state index is 0.630. The van der Waals surface area contributed by atoms with Crippen molar-refractivity contribution in [2.45, 2.75) is 39.3 Å². The Hall–Kier alpha value is -2.57. The summed E-state index contributed by atoms with van der Waals surface area (Å²) >= 11 is 0. The van der Waals surface area contributed by atoms with E-state index in [-0.39, 0.29) is 0 Å². The van der Waals surface area contributed by atoms with E-state index in [9.17, 15) is 0 Å². The molecule has 0 atom stereocenters. The minimum absolute atomic E-state index is 0.630. The van der Waals surface area contributed by atoms with Crippen molar-refractivity contribution in [2.75, 3.05) is 20.7 Å². The number of aromatic nitrogens is 3. The molecule has 0 fully saturated rings. The van der Waals surface area contributed by atoms with Crippen molar-refractivity contribution < 1.29 is 4.74 Å². The van der Waals surface area contributed by atoms with E-state index in [4.69, 9.17) is 4.74 Å². The molecule has 1 aromatic heterocycles. The molecule has 0 spiro atoms. The number of fused-ring (bicyclic) bond motifs is 1. The van der Waals surface area contributed by atoms with Gasteiger partial charge in [0.25, 0.3) is 0 Å². The third-order valence-corrected chi connectivity index (χ3v) is 4.50. The van der Waals surface area contributed by atoms with E-state index in [0.29, 0.717) is 6.54 Å². The van der Waals surface area contributed by atoms with Crippen molar-refractivity contribution in [3.05, 3.63) is 41.0 Å². The van der Waals surface area contributed by atoms with E-state index in [1.54, 1.807) is 14.2 Å². The van der Waals surface area contributed by atoms with Crippen LogP contribution >= 0.6 is 0 Å². The number of aliphatic imine (C=N–C) groups is 1. The number of benzene rings is 1. The Labute approximate surface area is 148 Å². The summed E-state index contributed by atoms with van der Waals surface area (Å²) < 4.78 is 7.57. The Balaban J connectivity index is 1.48. The Bertz CT molecular complexity index is 752. The molecule has 0 unspecified atom stereocenters. The number of methoxy groups -OCH3 is 1. The van der Waals surface area contributed by atoms with Gasteiger partial charge in [-0.2, -0.15) is 0 Å². The summed E-state index contributed by atoms with van der Waals surface area (Å²) in [5, 5.41) is 15.1. The lowest BCUT2D eigenvalue weighted by atomic mass is 10.1. The van der Waals surface area contributed by atoms with Crippen LogP contribution in [-0.2, 0) is 25.9 Å². The topological polar surface area (TPSA) is 76.4 Å². The first kappa shape index (κ1) is 17.3. The molecule has 0 bridgehead atoms. The summed E-state index contributed by atoms with van der Waals surface area (Å²) in [5.74, 6) is 3.77. The maximum atomic E-state index is 5.38. The molecule has 7 heteroatoms. The fraction of sp³-hybridized carbons (Fsp3) is 0.500. The molecule has 134 valence electrons. The van der Waals surface area contributed by atoms with Crippen LogP contribution in [0.4, 0.5) is 0 Å². The van der Waals surface area contributed by atoms with Gasteiger partial charge in [-0.15, -0.1) is 10.2 Å². The van der Waals surface area contributed by atoms with Gasteiger partial charge in [-0.3, -0.25) is 4.99 Å². The molecule has 0 aliphatic carbocycles. The average Bonchev–Trinajstić information content (AvgIpc) is 3.23. The van der Waals surface area contributed by atoms with Crippen molar-refractivity contribution in [3.8, 4) is 5.75 Å². The third kappa shape index (κ3) is 4.10. The van der Waals surface area contributed by atoms with Gasteiger partial charge in [-0.05, 0) is 37.0 Å². The van der Waals surface area contributed by atoms with Crippen molar-refractivity contribution in [1.29, 1.82) is 0 Å². The van der Waals surface area contributed by atoms with Gasteiger partial charge in [-0.25, -0.2) is 0 Å². The highest BCUT2D eigenvalue weighted by Gasteiger charge is 2.16. The summed E-state index contributed by atoms with van der Waals surface area (Å²) in [6, 6.07) is 6.31. The molecule has 0 amide bonds. The normalized spacial score (nSPS) is 13.6. The largest absolute Gasteiger partial charge is 0.496 e. The van der Waals surface area contributed by atoms with E-state index < -0.39 is 0 Å². The number of hydrogen-bond acceptors (Lipinski definition) is 4. The van der Waals surface area contributed by atoms with E-state index in [1.165, 1.54) is 5.56 Å². The molecular formula is C18H26N6O. The maximum Gasteiger partial charge on any atom is 0.191 e. The molecule has 1 aliphatic heterocycles. The van der Waals surface area contributed by atoms with E-state index in [1.807, 2.05) is 6.92 Å². The zero-order chi connectivity index (χ0) is 17.6. The lowest BCUT2D eigenvalue weighted by molar-refractivity contribution is 0.411. The number of guanidine groups is 1. The van der Waals surface area contributed by atoms with Gasteiger partial charge in [0.05, 0.1) is 13.7 Å². The molecule has 0 saturated heterocycles. The highest BCUT2D eigenvalue weighted by atomic mass is 16.5. The smallest absolute Gasteiger partial charge is 0.191 e. The number of aryl methyl sites for hydroxylation is 2. The van der Waals surface area contributed by atoms with Gasteiger partial charge in [0.1, 0.15) is 11.6 Å². The molecule has 2 heterocycles. The molecule has 1 aromatic carbocycles. The Kier molecular flexibility index (Phi) is 5.53. The molecule has 25 heavy (non-hydrogen) atoms. The second-order valence-corrected chi connectivity index (χ2v) is 6.19. The van der Waals surface area contributed by atoms with Crippen molar-refractivity contribution in [3.63, 3.8) is 0 Å². The molecule has 7 nitrogen and oxygen atoms in total. The fourth-order valence-corrected chi connectivity index (χ4v) is 3.07. The summed E-state index contributed by atoms with van der Waals surface area (Å²) in [4.78, 5) is 4.27. The lowest BCUT2D eigenvalue weighted by Crippen LogP contribution is -2.38. The average molecular weight is 342 g/mol. The highest BCUT2D eigenvalue weighted by Crippen LogP contribution is 2.19. The van der Waals surface area contributed by atoms with Crippen LogP contribution in [0, 0.1) is 6.92 Å². The van der Waals surface area contributed by atoms with Gasteiger partial charge in [-0.1, -0.05) is 12.1 Å². The first-order valence-electron chi connectivity index (χ1n) is 8.70. The van der Waals surface area contributed by atoms with Crippen LogP contribution in [-0.4, -0.2) is 41.4 Å². The Morgan fingerprint density at radius 1 is 1.32 bits per heavy atom. The van der Waals surface area contributed by atoms with Crippen LogP contribution in [0.3, 0.4) is 0 Å². The summed E-state index contributed by atoms with van der Waals surface area (Å²) in [6.07, 6.45) is 3.09. The zero-order valence-corrected chi connectivity index (χ0v) is 15.2. The van der Waals surface area contributed by atoms with Crippen LogP contribution in [0.2, 0.25) is 0 Å². The standard InChI is InChI=1S/C18H26N6O/c1-13-6-7-14(11-15(13)25-3)8-9-20-18(19-2)21-12-17-23-22-16-5-4-10-24(16)17/h6-7,11H,4-5,8-10,12H2,1-3H3,(H2,19,20,21). The van der Waals surface area contributed by atoms with E-state index >= 15 is 0 Å². The van der Waals surface area contributed by atoms with Crippen LogP contribution in [0.5, 0.6) is 5.75 Å². The van der Waals surface area contributed by atoms with Crippen molar-refractivity contribution in [2.24, 2.45) is 4.99 Å². The molecule has 2 N–H and O–H groups in total. The first-order valence-corrected chi connectivity index (χ1v) is 8.70. The van der Waals surface area contributed by atoms with E-state index in [2.05, 4.69) is 48.6 Å². The molecule has 3 rings (SSSR count). The molecule has 2 aromatic rings. The molecule has 0 radical (unpaired) electrons. The number of nitrogens with zero attached hydrogens (tertiary/aromatic N) is 4. The van der Waals surface area contributed by atoms with Crippen LogP contribution in [0.15, 0.2) is 23.2 Å². The quantitative estimate of drug-likeness (QED) is 0.614. The molecule has 1 aliphatic rings. The monoisotopic (exact) mass is 342 g/mol. The summed E-state index contributed by atoms with van der Waals surface area (Å²) in [6.45, 7) is 4.49. The highest BCUT2D eigenvalue weighted by molar-refractivity contribution is 5.79. The van der Waals surface area contributed by atoms with E-state index in [0.717, 1.165) is 61.3 Å². The Morgan fingerprint density at radius 2 is 2.20 bits per heavy atom. The van der Waals surface area contributed by atoms with Gasteiger partial charge >= 0.3 is 0 Å². The number of hydrogen-bond donors (Lipinski definition) is 2. The maximum absolute atomic E-state index is 5.38. The van der Waals surface area contributed by atoms with Crippen LogP contribution < -0.4 is 15.4 Å². The van der Waals surface area contributed by atoms with Gasteiger partial charge in [0, 0.05) is 26.6 Å². The summed E-state index contributed by atoms with van der Waals surface area (Å²) in [5.41, 5.74) is 2.39. The fourth-order valence-electron chi connectivity index (χ4n) is 3.07. The third-order valence-electron chi connectivity index (χ3n) is 4.50. The minimum Gasteiger partial charge on any atom is -0.496 e. The number of ether oxygens (including phenoxy) is 1. The second-order valence-electron chi connectivity index (χ2n) is 6.19. The van der Waals surface area contributed by atoms with Crippen molar-refractivity contribution in [1.82, 2.24) is 25.4 Å². The Morgan fingerprint density at radius 3 is 3.00 bits per heavy atom. The molecular weight excluding hydrogens is 316 g/mol. The lowest BCUT2D eigenvalue weighted by Gasteiger charge is -2.12. The zero-order valence-electron chi connectivity index (χ0n) is 15.2. The predicted octanol–water partition coefficient (Wildman–Crippen LogP) is 1.45. The SMILES string of the molecule is CN=C(NCCc1ccc(C)c(OC)c1)NCc1nnc2n1CCC2. The predicted molar refractivity (Wildman–Crippen MR) is 98.0 cm³/mol. The van der Waals surface area contributed by atoms with Gasteiger partial charge in [0.2, 0.25) is 0 Å². The van der Waals surface area contributed by atoms with Crippen molar-refractivity contribution >= 4 is 5.96 Å². The number of rotatable bonds is 6. The van der Waals surface area contributed by atoms with Crippen LogP contribution in [0.1, 0.15) is 29.2 Å². The van der Waals surface area contributed by atoms with Crippen LogP contribution in [0.25, 0.3) is 0 Å². The molecule has 0 saturated carbocycles. The van der Waals surface area contributed by atoms with Gasteiger partial charge in [0.15, 0.2) is 11.8 Å². The first-order chi connectivity index (χ1) is 12.2.